The number of amides is 1. The van der Waals surface area contributed by atoms with Crippen LogP contribution in [0.1, 0.15) is 31.0 Å². The van der Waals surface area contributed by atoms with E-state index in [1.807, 2.05) is 25.1 Å². The van der Waals surface area contributed by atoms with Crippen LogP contribution in [0.15, 0.2) is 29.0 Å². The molecule has 1 N–H and O–H groups in total. The van der Waals surface area contributed by atoms with Gasteiger partial charge in [-0.25, -0.2) is 4.98 Å². The van der Waals surface area contributed by atoms with Crippen molar-refractivity contribution in [2.24, 2.45) is 5.92 Å². The average molecular weight is 440 g/mol. The third-order valence-corrected chi connectivity index (χ3v) is 5.91. The van der Waals surface area contributed by atoms with E-state index >= 15 is 0 Å². The van der Waals surface area contributed by atoms with Crippen LogP contribution in [0.2, 0.25) is 0 Å². The lowest BCUT2D eigenvalue weighted by molar-refractivity contribution is -0.125. The molecule has 1 aliphatic rings. The van der Waals surface area contributed by atoms with Crippen LogP contribution in [0, 0.1) is 5.92 Å². The highest BCUT2D eigenvalue weighted by Crippen LogP contribution is 2.30. The lowest BCUT2D eigenvalue weighted by atomic mass is 9.96. The van der Waals surface area contributed by atoms with E-state index in [2.05, 4.69) is 25.3 Å². The molecule has 9 heteroatoms. The van der Waals surface area contributed by atoms with E-state index in [0.717, 1.165) is 54.7 Å². The molecule has 0 spiro atoms. The zero-order valence-electron chi connectivity index (χ0n) is 18.8. The molecule has 0 radical (unpaired) electrons. The van der Waals surface area contributed by atoms with Crippen molar-refractivity contribution in [2.45, 2.75) is 32.6 Å². The van der Waals surface area contributed by atoms with E-state index in [9.17, 15) is 4.79 Å². The molecule has 0 bridgehead atoms. The van der Waals surface area contributed by atoms with Crippen LogP contribution >= 0.6 is 0 Å². The minimum atomic E-state index is -0.0934. The van der Waals surface area contributed by atoms with Gasteiger partial charge in [0.1, 0.15) is 17.5 Å². The van der Waals surface area contributed by atoms with Crippen molar-refractivity contribution in [3.8, 4) is 11.5 Å². The van der Waals surface area contributed by atoms with Crippen molar-refractivity contribution in [1.82, 2.24) is 20.4 Å². The number of ether oxygens (including phenoxy) is 2. The molecule has 1 atom stereocenters. The Bertz CT molecular complexity index is 1080. The molecule has 1 fully saturated rings. The van der Waals surface area contributed by atoms with Gasteiger partial charge in [0.15, 0.2) is 11.5 Å². The third-order valence-electron chi connectivity index (χ3n) is 5.91. The largest absolute Gasteiger partial charge is 0.493 e. The minimum absolute atomic E-state index is 0.0708. The van der Waals surface area contributed by atoms with Gasteiger partial charge in [-0.15, -0.1) is 0 Å². The summed E-state index contributed by atoms with van der Waals surface area (Å²) < 4.78 is 16.0. The second kappa shape index (κ2) is 9.84. The Hall–Kier alpha value is -3.36. The van der Waals surface area contributed by atoms with Crippen molar-refractivity contribution in [1.29, 1.82) is 0 Å². The van der Waals surface area contributed by atoms with Gasteiger partial charge in [-0.05, 0) is 43.4 Å². The number of anilines is 1. The Labute approximate surface area is 187 Å². The molecule has 32 heavy (non-hydrogen) atoms. The molecule has 1 amide bonds. The summed E-state index contributed by atoms with van der Waals surface area (Å²) in [5.41, 5.74) is 2.42. The fourth-order valence-corrected chi connectivity index (χ4v) is 4.20. The number of nitrogens with one attached hydrogen (secondary N) is 1. The van der Waals surface area contributed by atoms with Gasteiger partial charge in [0.05, 0.1) is 25.8 Å². The third kappa shape index (κ3) is 4.46. The number of methoxy groups -OCH3 is 2. The van der Waals surface area contributed by atoms with E-state index < -0.39 is 0 Å². The number of aryl methyl sites for hydroxylation is 1. The van der Waals surface area contributed by atoms with E-state index in [1.165, 1.54) is 6.33 Å². The molecule has 1 aliphatic heterocycles. The number of hydrogen-bond donors (Lipinski definition) is 1. The quantitative estimate of drug-likeness (QED) is 0.572. The van der Waals surface area contributed by atoms with Crippen LogP contribution in [0.4, 0.5) is 5.82 Å². The minimum Gasteiger partial charge on any atom is -0.493 e. The fraction of sp³-hybridized carbons (Fsp3) is 0.478. The van der Waals surface area contributed by atoms with Gasteiger partial charge >= 0.3 is 0 Å². The molecule has 1 aromatic carbocycles. The van der Waals surface area contributed by atoms with Gasteiger partial charge in [-0.2, -0.15) is 4.98 Å². The summed E-state index contributed by atoms with van der Waals surface area (Å²) in [4.78, 5) is 23.7. The molecule has 3 heterocycles. The van der Waals surface area contributed by atoms with Gasteiger partial charge in [-0.3, -0.25) is 4.79 Å². The highest BCUT2D eigenvalue weighted by molar-refractivity contribution is 5.88. The van der Waals surface area contributed by atoms with Crippen molar-refractivity contribution < 1.29 is 18.8 Å². The van der Waals surface area contributed by atoms with Crippen molar-refractivity contribution >= 4 is 22.8 Å². The molecule has 0 saturated carbocycles. The lowest BCUT2D eigenvalue weighted by Gasteiger charge is -2.33. The second-order valence-corrected chi connectivity index (χ2v) is 7.88. The van der Waals surface area contributed by atoms with E-state index in [1.54, 1.807) is 14.2 Å². The highest BCUT2D eigenvalue weighted by Gasteiger charge is 2.28. The van der Waals surface area contributed by atoms with Gasteiger partial charge in [0.2, 0.25) is 5.91 Å². The van der Waals surface area contributed by atoms with Crippen LogP contribution in [0.5, 0.6) is 11.5 Å². The number of carbonyl (C=O) groups excluding carboxylic acids is 1. The zero-order chi connectivity index (χ0) is 22.5. The number of aromatic nitrogens is 3. The lowest BCUT2D eigenvalue weighted by Crippen LogP contribution is -2.44. The van der Waals surface area contributed by atoms with Crippen LogP contribution in [-0.4, -0.2) is 54.9 Å². The number of fused-ring (bicyclic) bond motifs is 1. The molecule has 4 rings (SSSR count). The number of hydrogen-bond acceptors (Lipinski definition) is 8. The maximum absolute atomic E-state index is 12.9. The SMILES string of the molecule is CCc1noc2ncnc(N3CCCC(C(=O)NCCc4ccc(OC)c(OC)c4)C3)c12. The summed E-state index contributed by atoms with van der Waals surface area (Å²) in [5.74, 6) is 2.16. The second-order valence-electron chi connectivity index (χ2n) is 7.88. The summed E-state index contributed by atoms with van der Waals surface area (Å²) in [6.07, 6.45) is 4.73. The summed E-state index contributed by atoms with van der Waals surface area (Å²) in [7, 11) is 3.23. The maximum atomic E-state index is 12.9. The Morgan fingerprint density at radius 2 is 2.09 bits per heavy atom. The van der Waals surface area contributed by atoms with Crippen LogP contribution in [-0.2, 0) is 17.6 Å². The van der Waals surface area contributed by atoms with Crippen molar-refractivity contribution in [3.05, 3.63) is 35.8 Å². The number of carbonyl (C=O) groups is 1. The monoisotopic (exact) mass is 439 g/mol. The van der Waals surface area contributed by atoms with Gasteiger partial charge in [0, 0.05) is 19.6 Å². The molecule has 170 valence electrons. The summed E-state index contributed by atoms with van der Waals surface area (Å²) in [5, 5.41) is 8.06. The fourth-order valence-electron chi connectivity index (χ4n) is 4.20. The Morgan fingerprint density at radius 1 is 1.25 bits per heavy atom. The standard InChI is InChI=1S/C23H29N5O4/c1-4-17-20-21(25-14-26-23(20)32-27-17)28-11-5-6-16(13-28)22(29)24-10-9-15-7-8-18(30-2)19(12-15)31-3/h7-8,12,14,16H,4-6,9-11,13H2,1-3H3,(H,24,29). The average Bonchev–Trinajstić information content (AvgIpc) is 3.27. The summed E-state index contributed by atoms with van der Waals surface area (Å²) >= 11 is 0. The van der Waals surface area contributed by atoms with Crippen LogP contribution in [0.3, 0.4) is 0 Å². The van der Waals surface area contributed by atoms with E-state index in [0.29, 0.717) is 30.3 Å². The molecule has 2 aromatic heterocycles. The first-order valence-corrected chi connectivity index (χ1v) is 11.0. The Kier molecular flexibility index (Phi) is 6.72. The molecule has 1 saturated heterocycles. The van der Waals surface area contributed by atoms with Gasteiger partial charge in [0.25, 0.3) is 5.71 Å². The van der Waals surface area contributed by atoms with Gasteiger partial charge < -0.3 is 24.2 Å². The topological polar surface area (TPSA) is 103 Å². The first-order chi connectivity index (χ1) is 15.6. The Morgan fingerprint density at radius 3 is 2.88 bits per heavy atom. The van der Waals surface area contributed by atoms with Crippen LogP contribution < -0.4 is 19.7 Å². The Balaban J connectivity index is 1.38. The molecule has 3 aromatic rings. The summed E-state index contributed by atoms with van der Waals surface area (Å²) in [6.45, 7) is 4.05. The first-order valence-electron chi connectivity index (χ1n) is 11.0. The van der Waals surface area contributed by atoms with Gasteiger partial charge in [-0.1, -0.05) is 18.1 Å². The number of piperidine rings is 1. The zero-order valence-corrected chi connectivity index (χ0v) is 18.8. The number of nitrogens with zero attached hydrogens (tertiary/aromatic N) is 4. The molecule has 1 unspecified atom stereocenters. The number of benzene rings is 1. The normalized spacial score (nSPS) is 16.2. The first kappa shape index (κ1) is 21.9. The van der Waals surface area contributed by atoms with Crippen molar-refractivity contribution in [2.75, 3.05) is 38.8 Å². The highest BCUT2D eigenvalue weighted by atomic mass is 16.5. The molecular formula is C23H29N5O4. The molecule has 0 aliphatic carbocycles. The molecule has 9 nitrogen and oxygen atoms in total. The number of rotatable bonds is 8. The maximum Gasteiger partial charge on any atom is 0.263 e. The van der Waals surface area contributed by atoms with E-state index in [-0.39, 0.29) is 11.8 Å². The molecular weight excluding hydrogens is 410 g/mol. The smallest absolute Gasteiger partial charge is 0.263 e. The summed E-state index contributed by atoms with van der Waals surface area (Å²) in [6, 6.07) is 5.81. The van der Waals surface area contributed by atoms with Crippen LogP contribution in [0.25, 0.3) is 11.1 Å². The predicted molar refractivity (Wildman–Crippen MR) is 120 cm³/mol. The van der Waals surface area contributed by atoms with E-state index in [4.69, 9.17) is 14.0 Å². The predicted octanol–water partition coefficient (Wildman–Crippen LogP) is 2.77. The van der Waals surface area contributed by atoms with Crippen molar-refractivity contribution in [3.63, 3.8) is 0 Å².